The Morgan fingerprint density at radius 2 is 1.91 bits per heavy atom. The summed E-state index contributed by atoms with van der Waals surface area (Å²) in [4.78, 5) is 25.0. The highest BCUT2D eigenvalue weighted by molar-refractivity contribution is 6.04. The maximum absolute atomic E-state index is 12.8. The van der Waals surface area contributed by atoms with E-state index in [9.17, 15) is 22.8 Å². The Morgan fingerprint density at radius 1 is 1.12 bits per heavy atom. The number of halogens is 3. The summed E-state index contributed by atoms with van der Waals surface area (Å²) in [5.74, 6) is -0.859. The summed E-state index contributed by atoms with van der Waals surface area (Å²) in [7, 11) is 1.73. The number of hydrogen-bond acceptors (Lipinski definition) is 4. The first-order chi connectivity index (χ1) is 15.2. The molecule has 0 bridgehead atoms. The van der Waals surface area contributed by atoms with Crippen LogP contribution in [0.5, 0.6) is 0 Å². The Labute approximate surface area is 181 Å². The highest BCUT2D eigenvalue weighted by Gasteiger charge is 2.30. The minimum atomic E-state index is -4.50. The van der Waals surface area contributed by atoms with Crippen molar-refractivity contribution in [1.82, 2.24) is 19.6 Å². The lowest BCUT2D eigenvalue weighted by Gasteiger charge is -2.11. The molecule has 0 saturated heterocycles. The Morgan fingerprint density at radius 3 is 2.69 bits per heavy atom. The number of nitrogens with zero attached hydrogens (tertiary/aromatic N) is 4. The smallest absolute Gasteiger partial charge is 0.324 e. The number of amides is 2. The molecule has 4 rings (SSSR count). The largest absolute Gasteiger partial charge is 0.416 e. The second kappa shape index (κ2) is 8.48. The molecule has 2 heterocycles. The Balaban J connectivity index is 1.39. The van der Waals surface area contributed by atoms with Crippen molar-refractivity contribution in [1.29, 1.82) is 0 Å². The van der Waals surface area contributed by atoms with Crippen molar-refractivity contribution in [3.05, 3.63) is 59.2 Å². The molecule has 1 aliphatic carbocycles. The van der Waals surface area contributed by atoms with Crippen LogP contribution in [0.3, 0.4) is 0 Å². The van der Waals surface area contributed by atoms with Gasteiger partial charge in [0.1, 0.15) is 12.2 Å². The van der Waals surface area contributed by atoms with Crippen molar-refractivity contribution in [3.8, 4) is 0 Å². The minimum Gasteiger partial charge on any atom is -0.324 e. The summed E-state index contributed by atoms with van der Waals surface area (Å²) < 4.78 is 41.3. The van der Waals surface area contributed by atoms with Crippen molar-refractivity contribution < 1.29 is 22.8 Å². The number of aromatic nitrogens is 4. The zero-order valence-corrected chi connectivity index (χ0v) is 17.2. The number of fused-ring (bicyclic) bond motifs is 1. The first-order valence-electron chi connectivity index (χ1n) is 10.1. The van der Waals surface area contributed by atoms with Gasteiger partial charge in [0.25, 0.3) is 5.91 Å². The van der Waals surface area contributed by atoms with Crippen LogP contribution < -0.4 is 10.6 Å². The molecular weight excluding hydrogens is 425 g/mol. The predicted molar refractivity (Wildman–Crippen MR) is 110 cm³/mol. The lowest BCUT2D eigenvalue weighted by atomic mass is 9.95. The molecule has 2 amide bonds. The fourth-order valence-corrected chi connectivity index (χ4v) is 3.79. The van der Waals surface area contributed by atoms with E-state index in [1.54, 1.807) is 11.7 Å². The molecule has 2 N–H and O–H groups in total. The summed E-state index contributed by atoms with van der Waals surface area (Å²) in [5, 5.41) is 13.6. The zero-order chi connectivity index (χ0) is 22.9. The summed E-state index contributed by atoms with van der Waals surface area (Å²) in [6.07, 6.45) is 2.11. The number of aryl methyl sites for hydroxylation is 2. The zero-order valence-electron chi connectivity index (χ0n) is 17.2. The number of benzene rings is 1. The monoisotopic (exact) mass is 446 g/mol. The van der Waals surface area contributed by atoms with E-state index < -0.39 is 17.6 Å². The van der Waals surface area contributed by atoms with E-state index in [1.165, 1.54) is 29.2 Å². The van der Waals surface area contributed by atoms with E-state index in [0.29, 0.717) is 11.4 Å². The molecule has 168 valence electrons. The van der Waals surface area contributed by atoms with Crippen molar-refractivity contribution in [2.24, 2.45) is 7.05 Å². The molecule has 2 aromatic heterocycles. The Hall–Kier alpha value is -3.63. The fourth-order valence-electron chi connectivity index (χ4n) is 3.79. The molecule has 1 aliphatic rings. The maximum atomic E-state index is 12.8. The van der Waals surface area contributed by atoms with E-state index in [4.69, 9.17) is 0 Å². The number of anilines is 2. The fraction of sp³-hybridized carbons (Fsp3) is 0.333. The average Bonchev–Trinajstić information content (AvgIpc) is 3.30. The van der Waals surface area contributed by atoms with Gasteiger partial charge in [0.15, 0.2) is 0 Å². The van der Waals surface area contributed by atoms with Crippen LogP contribution in [0.25, 0.3) is 0 Å². The number of hydrogen-bond donors (Lipinski definition) is 2. The van der Waals surface area contributed by atoms with E-state index >= 15 is 0 Å². The maximum Gasteiger partial charge on any atom is 0.416 e. The van der Waals surface area contributed by atoms with Crippen LogP contribution in [0.15, 0.2) is 36.7 Å². The predicted octanol–water partition coefficient (Wildman–Crippen LogP) is 3.41. The van der Waals surface area contributed by atoms with Gasteiger partial charge in [-0.3, -0.25) is 19.0 Å². The Kier molecular flexibility index (Phi) is 5.72. The average molecular weight is 446 g/mol. The molecule has 0 radical (unpaired) electrons. The SMILES string of the molecule is Cn1nc2c(c1C(=O)Nc1cnn(CC(=O)Nc3cccc(C(F)(F)F)c3)c1)CCCC2. The van der Waals surface area contributed by atoms with Crippen LogP contribution in [0.2, 0.25) is 0 Å². The van der Waals surface area contributed by atoms with Crippen molar-refractivity contribution >= 4 is 23.2 Å². The third-order valence-corrected chi connectivity index (χ3v) is 5.20. The first kappa shape index (κ1) is 21.6. The molecule has 8 nitrogen and oxygen atoms in total. The van der Waals surface area contributed by atoms with Gasteiger partial charge in [0.05, 0.1) is 23.1 Å². The van der Waals surface area contributed by atoms with Gasteiger partial charge in [0, 0.05) is 24.5 Å². The van der Waals surface area contributed by atoms with Crippen LogP contribution >= 0.6 is 0 Å². The molecule has 0 aliphatic heterocycles. The highest BCUT2D eigenvalue weighted by Crippen LogP contribution is 2.30. The van der Waals surface area contributed by atoms with E-state index in [1.807, 2.05) is 0 Å². The Bertz CT molecular complexity index is 1160. The van der Waals surface area contributed by atoms with Crippen LogP contribution in [0.4, 0.5) is 24.5 Å². The second-order valence-corrected chi connectivity index (χ2v) is 7.61. The minimum absolute atomic E-state index is 0.0338. The van der Waals surface area contributed by atoms with Crippen molar-refractivity contribution in [3.63, 3.8) is 0 Å². The first-order valence-corrected chi connectivity index (χ1v) is 10.1. The molecule has 32 heavy (non-hydrogen) atoms. The molecular formula is C21H21F3N6O2. The lowest BCUT2D eigenvalue weighted by molar-refractivity contribution is -0.137. The van der Waals surface area contributed by atoms with Gasteiger partial charge in [-0.1, -0.05) is 6.07 Å². The molecule has 0 atom stereocenters. The summed E-state index contributed by atoms with van der Waals surface area (Å²) in [6.45, 7) is -0.229. The summed E-state index contributed by atoms with van der Waals surface area (Å²) >= 11 is 0. The van der Waals surface area contributed by atoms with Gasteiger partial charge in [-0.15, -0.1) is 0 Å². The van der Waals surface area contributed by atoms with Gasteiger partial charge in [-0.05, 0) is 43.9 Å². The number of carbonyl (C=O) groups is 2. The lowest BCUT2D eigenvalue weighted by Crippen LogP contribution is -2.20. The molecule has 11 heteroatoms. The second-order valence-electron chi connectivity index (χ2n) is 7.61. The van der Waals surface area contributed by atoms with E-state index in [0.717, 1.165) is 49.1 Å². The van der Waals surface area contributed by atoms with Crippen LogP contribution in [0, 0.1) is 0 Å². The van der Waals surface area contributed by atoms with Crippen LogP contribution in [-0.2, 0) is 37.4 Å². The summed E-state index contributed by atoms with van der Waals surface area (Å²) in [6, 6.07) is 4.38. The highest BCUT2D eigenvalue weighted by atomic mass is 19.4. The van der Waals surface area contributed by atoms with E-state index in [2.05, 4.69) is 20.8 Å². The quantitative estimate of drug-likeness (QED) is 0.628. The van der Waals surface area contributed by atoms with Gasteiger partial charge < -0.3 is 10.6 Å². The molecule has 0 saturated carbocycles. The third kappa shape index (κ3) is 4.66. The van der Waals surface area contributed by atoms with Gasteiger partial charge in [0.2, 0.25) is 5.91 Å². The van der Waals surface area contributed by atoms with Crippen LogP contribution in [-0.4, -0.2) is 31.4 Å². The van der Waals surface area contributed by atoms with Gasteiger partial charge in [-0.25, -0.2) is 0 Å². The third-order valence-electron chi connectivity index (χ3n) is 5.20. The standard InChI is InChI=1S/C21H21F3N6O2/c1-29-19(16-7-2-3-8-17(16)28-29)20(32)27-15-10-25-30(11-15)12-18(31)26-14-6-4-5-13(9-14)21(22,23)24/h4-6,9-11H,2-3,7-8,12H2,1H3,(H,26,31)(H,27,32). The normalized spacial score (nSPS) is 13.5. The molecule has 3 aromatic rings. The van der Waals surface area contributed by atoms with Crippen LogP contribution in [0.1, 0.15) is 40.2 Å². The molecule has 0 unspecified atom stereocenters. The van der Waals surface area contributed by atoms with Gasteiger partial charge >= 0.3 is 6.18 Å². The summed E-state index contributed by atoms with van der Waals surface area (Å²) in [5.41, 5.74) is 2.00. The van der Waals surface area contributed by atoms with E-state index in [-0.39, 0.29) is 18.1 Å². The topological polar surface area (TPSA) is 93.8 Å². The molecule has 0 fully saturated rings. The number of carbonyl (C=O) groups excluding carboxylic acids is 2. The number of alkyl halides is 3. The molecule has 1 aromatic carbocycles. The van der Waals surface area contributed by atoms with Gasteiger partial charge in [-0.2, -0.15) is 23.4 Å². The number of rotatable bonds is 5. The number of nitrogens with one attached hydrogen (secondary N) is 2. The molecule has 0 spiro atoms. The van der Waals surface area contributed by atoms with Crippen molar-refractivity contribution in [2.45, 2.75) is 38.4 Å². The van der Waals surface area contributed by atoms with Crippen molar-refractivity contribution in [2.75, 3.05) is 10.6 Å².